The van der Waals surface area contributed by atoms with Crippen LogP contribution < -0.4 is 4.90 Å². The number of carbonyl (C=O) groups is 1. The molecule has 0 unspecified atom stereocenters. The molecule has 2 rings (SSSR count). The lowest BCUT2D eigenvalue weighted by molar-refractivity contribution is 0.135. The van der Waals surface area contributed by atoms with E-state index in [1.165, 1.54) is 0 Å². The van der Waals surface area contributed by atoms with E-state index < -0.39 is 0 Å². The van der Waals surface area contributed by atoms with E-state index in [2.05, 4.69) is 0 Å². The average molecular weight is 205 g/mol. The number of anilines is 1. The van der Waals surface area contributed by atoms with Gasteiger partial charge >= 0.3 is 6.09 Å². The summed E-state index contributed by atoms with van der Waals surface area (Å²) in [7, 11) is 0. The fourth-order valence-corrected chi connectivity index (χ4v) is 1.79. The summed E-state index contributed by atoms with van der Waals surface area (Å²) >= 11 is 0. The summed E-state index contributed by atoms with van der Waals surface area (Å²) in [5.74, 6) is 0. The van der Waals surface area contributed by atoms with E-state index in [-0.39, 0.29) is 11.6 Å². The van der Waals surface area contributed by atoms with Gasteiger partial charge in [0, 0.05) is 11.1 Å². The van der Waals surface area contributed by atoms with Crippen LogP contribution in [0.3, 0.4) is 0 Å². The van der Waals surface area contributed by atoms with Gasteiger partial charge in [-0.1, -0.05) is 18.2 Å². The molecule has 0 bridgehead atoms. The molecule has 0 aliphatic carbocycles. The van der Waals surface area contributed by atoms with E-state index in [9.17, 15) is 4.79 Å². The molecule has 1 heterocycles. The third-order valence-electron chi connectivity index (χ3n) is 2.44. The summed E-state index contributed by atoms with van der Waals surface area (Å²) in [5, 5.41) is 0. The molecular weight excluding hydrogens is 190 g/mol. The Labute approximate surface area is 89.7 Å². The molecule has 0 saturated carbocycles. The number of benzene rings is 1. The van der Waals surface area contributed by atoms with Gasteiger partial charge in [0.15, 0.2) is 0 Å². The lowest BCUT2D eigenvalue weighted by Gasteiger charge is -2.38. The molecule has 80 valence electrons. The summed E-state index contributed by atoms with van der Waals surface area (Å²) in [5.41, 5.74) is 1.77. The van der Waals surface area contributed by atoms with Crippen molar-refractivity contribution in [2.24, 2.45) is 0 Å². The summed E-state index contributed by atoms with van der Waals surface area (Å²) in [6, 6.07) is 7.84. The zero-order valence-corrected chi connectivity index (χ0v) is 9.28. The number of carbonyl (C=O) groups excluding carboxylic acids is 1. The highest BCUT2D eigenvalue weighted by molar-refractivity contribution is 5.91. The molecule has 3 heteroatoms. The first-order valence-corrected chi connectivity index (χ1v) is 5.05. The lowest BCUT2D eigenvalue weighted by Crippen LogP contribution is -2.48. The maximum absolute atomic E-state index is 11.7. The van der Waals surface area contributed by atoms with Gasteiger partial charge in [0.1, 0.15) is 6.61 Å². The Morgan fingerprint density at radius 1 is 1.27 bits per heavy atom. The molecule has 1 aromatic rings. The van der Waals surface area contributed by atoms with Crippen LogP contribution in [0.4, 0.5) is 10.5 Å². The molecule has 1 aliphatic rings. The number of amides is 1. The van der Waals surface area contributed by atoms with Crippen LogP contribution >= 0.6 is 0 Å². The Morgan fingerprint density at radius 2 is 1.93 bits per heavy atom. The number of cyclic esters (lactones) is 1. The number of para-hydroxylation sites is 1. The van der Waals surface area contributed by atoms with Crippen molar-refractivity contribution in [1.82, 2.24) is 0 Å². The fraction of sp³-hybridized carbons (Fsp3) is 0.417. The molecule has 1 aromatic carbocycles. The highest BCUT2D eigenvalue weighted by atomic mass is 16.6. The standard InChI is InChI=1S/C12H15NO2/c1-12(2,3)13-10-7-5-4-6-9(10)8-15-11(13)14/h4-7H,8H2,1-3H3. The maximum atomic E-state index is 11.7. The van der Waals surface area contributed by atoms with Gasteiger partial charge < -0.3 is 4.74 Å². The van der Waals surface area contributed by atoms with Crippen molar-refractivity contribution in [2.75, 3.05) is 4.90 Å². The Morgan fingerprint density at radius 3 is 2.60 bits per heavy atom. The smallest absolute Gasteiger partial charge is 0.415 e. The second-order valence-corrected chi connectivity index (χ2v) is 4.69. The fourth-order valence-electron chi connectivity index (χ4n) is 1.79. The summed E-state index contributed by atoms with van der Waals surface area (Å²) in [4.78, 5) is 13.4. The Hall–Kier alpha value is -1.51. The molecular formula is C12H15NO2. The number of hydrogen-bond acceptors (Lipinski definition) is 2. The van der Waals surface area contributed by atoms with Crippen LogP contribution in [0.2, 0.25) is 0 Å². The first kappa shape index (κ1) is 10.0. The zero-order valence-electron chi connectivity index (χ0n) is 9.28. The number of rotatable bonds is 0. The lowest BCUT2D eigenvalue weighted by atomic mass is 10.0. The van der Waals surface area contributed by atoms with Gasteiger partial charge in [-0.2, -0.15) is 0 Å². The molecule has 1 aliphatic heterocycles. The highest BCUT2D eigenvalue weighted by Gasteiger charge is 2.33. The first-order valence-electron chi connectivity index (χ1n) is 5.05. The van der Waals surface area contributed by atoms with Gasteiger partial charge in [0.05, 0.1) is 5.69 Å². The van der Waals surface area contributed by atoms with Crippen LogP contribution in [0, 0.1) is 0 Å². The SMILES string of the molecule is CC(C)(C)N1C(=O)OCc2ccccc21. The minimum absolute atomic E-state index is 0.256. The summed E-state index contributed by atoms with van der Waals surface area (Å²) in [6.45, 7) is 6.37. The molecule has 0 saturated heterocycles. The van der Waals surface area contributed by atoms with Crippen LogP contribution in [0.15, 0.2) is 24.3 Å². The van der Waals surface area contributed by atoms with Crippen molar-refractivity contribution in [2.45, 2.75) is 32.9 Å². The molecule has 0 fully saturated rings. The predicted molar refractivity (Wildman–Crippen MR) is 58.9 cm³/mol. The van der Waals surface area contributed by atoms with Gasteiger partial charge in [-0.15, -0.1) is 0 Å². The van der Waals surface area contributed by atoms with Crippen molar-refractivity contribution in [1.29, 1.82) is 0 Å². The van der Waals surface area contributed by atoms with E-state index >= 15 is 0 Å². The highest BCUT2D eigenvalue weighted by Crippen LogP contribution is 2.32. The topological polar surface area (TPSA) is 29.5 Å². The van der Waals surface area contributed by atoms with E-state index in [1.807, 2.05) is 45.0 Å². The number of ether oxygens (including phenoxy) is 1. The van der Waals surface area contributed by atoms with Gasteiger partial charge in [-0.05, 0) is 26.8 Å². The van der Waals surface area contributed by atoms with Gasteiger partial charge in [-0.3, -0.25) is 4.90 Å². The van der Waals surface area contributed by atoms with Gasteiger partial charge in [-0.25, -0.2) is 4.79 Å². The van der Waals surface area contributed by atoms with E-state index in [0.29, 0.717) is 6.61 Å². The molecule has 15 heavy (non-hydrogen) atoms. The van der Waals surface area contributed by atoms with Crippen molar-refractivity contribution in [3.8, 4) is 0 Å². The average Bonchev–Trinajstić information content (AvgIpc) is 2.15. The normalized spacial score (nSPS) is 15.9. The minimum Gasteiger partial charge on any atom is -0.444 e. The zero-order chi connectivity index (χ0) is 11.1. The second kappa shape index (κ2) is 3.26. The number of hydrogen-bond donors (Lipinski definition) is 0. The second-order valence-electron chi connectivity index (χ2n) is 4.69. The van der Waals surface area contributed by atoms with E-state index in [0.717, 1.165) is 11.3 Å². The third kappa shape index (κ3) is 1.69. The Kier molecular flexibility index (Phi) is 2.18. The molecule has 0 aromatic heterocycles. The van der Waals surface area contributed by atoms with Crippen molar-refractivity contribution in [3.05, 3.63) is 29.8 Å². The third-order valence-corrected chi connectivity index (χ3v) is 2.44. The first-order chi connectivity index (χ1) is 7.00. The summed E-state index contributed by atoms with van der Waals surface area (Å²) < 4.78 is 5.13. The van der Waals surface area contributed by atoms with Crippen LogP contribution in [-0.4, -0.2) is 11.6 Å². The van der Waals surface area contributed by atoms with Gasteiger partial charge in [0.25, 0.3) is 0 Å². The van der Waals surface area contributed by atoms with Crippen molar-refractivity contribution < 1.29 is 9.53 Å². The molecule has 3 nitrogen and oxygen atoms in total. The minimum atomic E-state index is -0.263. The van der Waals surface area contributed by atoms with Crippen LogP contribution in [0.1, 0.15) is 26.3 Å². The van der Waals surface area contributed by atoms with Crippen molar-refractivity contribution in [3.63, 3.8) is 0 Å². The Balaban J connectivity index is 2.51. The molecule has 1 amide bonds. The van der Waals surface area contributed by atoms with Gasteiger partial charge in [0.2, 0.25) is 0 Å². The van der Waals surface area contributed by atoms with Crippen LogP contribution in [0.5, 0.6) is 0 Å². The molecule has 0 atom stereocenters. The monoisotopic (exact) mass is 205 g/mol. The number of fused-ring (bicyclic) bond motifs is 1. The van der Waals surface area contributed by atoms with E-state index in [4.69, 9.17) is 4.74 Å². The quantitative estimate of drug-likeness (QED) is 0.651. The largest absolute Gasteiger partial charge is 0.444 e. The van der Waals surface area contributed by atoms with Crippen molar-refractivity contribution >= 4 is 11.8 Å². The predicted octanol–water partition coefficient (Wildman–Crippen LogP) is 2.94. The van der Waals surface area contributed by atoms with Crippen LogP contribution in [-0.2, 0) is 11.3 Å². The number of nitrogens with zero attached hydrogens (tertiary/aromatic N) is 1. The maximum Gasteiger partial charge on any atom is 0.415 e. The molecule has 0 radical (unpaired) electrons. The molecule has 0 N–H and O–H groups in total. The molecule has 0 spiro atoms. The van der Waals surface area contributed by atoms with E-state index in [1.54, 1.807) is 4.90 Å². The summed E-state index contributed by atoms with van der Waals surface area (Å²) in [6.07, 6.45) is -0.263. The van der Waals surface area contributed by atoms with Crippen LogP contribution in [0.25, 0.3) is 0 Å². The Bertz CT molecular complexity index is 393.